The van der Waals surface area contributed by atoms with Crippen LogP contribution in [0.25, 0.3) is 0 Å². The van der Waals surface area contributed by atoms with E-state index in [4.69, 9.17) is 4.74 Å². The van der Waals surface area contributed by atoms with Crippen molar-refractivity contribution >= 4 is 31.6 Å². The first-order chi connectivity index (χ1) is 18.1. The fourth-order valence-corrected chi connectivity index (χ4v) is 6.76. The Morgan fingerprint density at radius 1 is 0.868 bits per heavy atom. The quantitative estimate of drug-likeness (QED) is 0.392. The summed E-state index contributed by atoms with van der Waals surface area (Å²) in [7, 11) is -7.26. The molecule has 1 saturated heterocycles. The van der Waals surface area contributed by atoms with E-state index in [0.717, 1.165) is 24.8 Å². The van der Waals surface area contributed by atoms with Crippen molar-refractivity contribution in [3.8, 4) is 5.75 Å². The fraction of sp³-hybridized carbons (Fsp3) is 0.296. The molecule has 0 radical (unpaired) electrons. The fourth-order valence-electron chi connectivity index (χ4n) is 4.10. The van der Waals surface area contributed by atoms with E-state index in [9.17, 15) is 21.6 Å². The van der Waals surface area contributed by atoms with Gasteiger partial charge >= 0.3 is 0 Å². The molecule has 202 valence electrons. The van der Waals surface area contributed by atoms with Gasteiger partial charge in [-0.3, -0.25) is 9.52 Å². The Bertz CT molecular complexity index is 1470. The van der Waals surface area contributed by atoms with Crippen LogP contribution in [0.4, 0.5) is 5.69 Å². The van der Waals surface area contributed by atoms with Crippen molar-refractivity contribution < 1.29 is 26.4 Å². The number of benzene rings is 3. The maximum absolute atomic E-state index is 12.8. The highest BCUT2D eigenvalue weighted by atomic mass is 32.2. The minimum Gasteiger partial charge on any atom is -0.484 e. The molecule has 3 aromatic carbocycles. The summed E-state index contributed by atoms with van der Waals surface area (Å²) < 4.78 is 60.5. The molecule has 0 bridgehead atoms. The third kappa shape index (κ3) is 6.91. The van der Waals surface area contributed by atoms with Crippen molar-refractivity contribution in [2.75, 3.05) is 24.4 Å². The second-order valence-corrected chi connectivity index (χ2v) is 12.7. The number of para-hydroxylation sites is 1. The number of hydrogen-bond donors (Lipinski definition) is 2. The predicted octanol–water partition coefficient (Wildman–Crippen LogP) is 3.67. The molecule has 3 aromatic rings. The van der Waals surface area contributed by atoms with Crippen LogP contribution < -0.4 is 14.8 Å². The van der Waals surface area contributed by atoms with E-state index in [1.807, 2.05) is 0 Å². The first kappa shape index (κ1) is 27.6. The van der Waals surface area contributed by atoms with Gasteiger partial charge in [-0.15, -0.1) is 0 Å². The van der Waals surface area contributed by atoms with Crippen LogP contribution in [0.15, 0.2) is 82.6 Å². The highest BCUT2D eigenvalue weighted by Crippen LogP contribution is 2.24. The molecule has 0 spiro atoms. The smallest absolute Gasteiger partial charge is 0.261 e. The van der Waals surface area contributed by atoms with Crippen LogP contribution >= 0.6 is 0 Å². The number of hydrogen-bond acceptors (Lipinski definition) is 6. The molecule has 0 unspecified atom stereocenters. The summed E-state index contributed by atoms with van der Waals surface area (Å²) in [4.78, 5) is 12.7. The van der Waals surface area contributed by atoms with Crippen LogP contribution in [0.3, 0.4) is 0 Å². The lowest BCUT2D eigenvalue weighted by molar-refractivity contribution is -0.123. The van der Waals surface area contributed by atoms with Crippen molar-refractivity contribution in [3.63, 3.8) is 0 Å². The number of piperidine rings is 1. The predicted molar refractivity (Wildman–Crippen MR) is 145 cm³/mol. The molecule has 0 atom stereocenters. The van der Waals surface area contributed by atoms with E-state index in [1.165, 1.54) is 22.5 Å². The van der Waals surface area contributed by atoms with Crippen LogP contribution in [-0.2, 0) is 31.4 Å². The average molecular weight is 558 g/mol. The van der Waals surface area contributed by atoms with E-state index in [0.29, 0.717) is 30.1 Å². The lowest BCUT2D eigenvalue weighted by Gasteiger charge is -2.25. The number of nitrogens with zero attached hydrogens (tertiary/aromatic N) is 1. The Labute approximate surface area is 223 Å². The van der Waals surface area contributed by atoms with Crippen molar-refractivity contribution in [2.45, 2.75) is 42.5 Å². The number of nitrogens with one attached hydrogen (secondary N) is 2. The van der Waals surface area contributed by atoms with Gasteiger partial charge in [0.1, 0.15) is 5.75 Å². The molecule has 1 fully saturated rings. The van der Waals surface area contributed by atoms with Crippen LogP contribution in [0.2, 0.25) is 0 Å². The number of carbonyl (C=O) groups excluding carboxylic acids is 1. The number of amides is 1. The Hall–Kier alpha value is -3.41. The largest absolute Gasteiger partial charge is 0.484 e. The molecule has 0 saturated carbocycles. The van der Waals surface area contributed by atoms with Crippen molar-refractivity contribution in [1.29, 1.82) is 0 Å². The average Bonchev–Trinajstić information content (AvgIpc) is 2.92. The summed E-state index contributed by atoms with van der Waals surface area (Å²) in [5.74, 6) is 0.0305. The number of sulfonamides is 2. The SMILES string of the molecule is Cc1cc(S(=O)(=O)Nc2ccccc2)ccc1OCC(=O)NCc1ccc(S(=O)(=O)N2CCCCC2)cc1. The van der Waals surface area contributed by atoms with Gasteiger partial charge in [-0.25, -0.2) is 16.8 Å². The first-order valence-electron chi connectivity index (χ1n) is 12.3. The Morgan fingerprint density at radius 3 is 2.18 bits per heavy atom. The van der Waals surface area contributed by atoms with Gasteiger partial charge < -0.3 is 10.1 Å². The van der Waals surface area contributed by atoms with E-state index in [1.54, 1.807) is 61.5 Å². The zero-order valence-corrected chi connectivity index (χ0v) is 22.7. The van der Waals surface area contributed by atoms with Crippen molar-refractivity contribution in [1.82, 2.24) is 9.62 Å². The third-order valence-corrected chi connectivity index (χ3v) is 9.50. The molecule has 4 rings (SSSR count). The number of carbonyl (C=O) groups is 1. The molecule has 0 aliphatic carbocycles. The number of ether oxygens (including phenoxy) is 1. The standard InChI is InChI=1S/C27H31N3O6S2/c1-21-18-25(37(32,33)29-23-8-4-2-5-9-23)14-15-26(21)36-20-27(31)28-19-22-10-12-24(13-11-22)38(34,35)30-16-6-3-7-17-30/h2,4-5,8-15,18,29H,3,6-7,16-17,19-20H2,1H3,(H,28,31). The molecule has 1 heterocycles. The molecular weight excluding hydrogens is 526 g/mol. The number of aryl methyl sites for hydroxylation is 1. The van der Waals surface area contributed by atoms with Gasteiger partial charge in [0.05, 0.1) is 9.79 Å². The van der Waals surface area contributed by atoms with Crippen LogP contribution in [0, 0.1) is 6.92 Å². The lowest BCUT2D eigenvalue weighted by Crippen LogP contribution is -2.35. The van der Waals surface area contributed by atoms with E-state index >= 15 is 0 Å². The zero-order valence-electron chi connectivity index (χ0n) is 21.1. The summed E-state index contributed by atoms with van der Waals surface area (Å²) in [6.45, 7) is 2.75. The molecule has 2 N–H and O–H groups in total. The molecular formula is C27H31N3O6S2. The normalized spacial score (nSPS) is 14.6. The molecule has 0 aromatic heterocycles. The van der Waals surface area contributed by atoms with Crippen LogP contribution in [-0.4, -0.2) is 46.7 Å². The lowest BCUT2D eigenvalue weighted by atomic mass is 10.2. The molecule has 11 heteroatoms. The van der Waals surface area contributed by atoms with E-state index in [2.05, 4.69) is 10.0 Å². The maximum atomic E-state index is 12.8. The summed E-state index contributed by atoms with van der Waals surface area (Å²) in [5.41, 5.74) is 1.78. The molecule has 1 aliphatic rings. The Morgan fingerprint density at radius 2 is 1.53 bits per heavy atom. The van der Waals surface area contributed by atoms with Gasteiger partial charge in [-0.1, -0.05) is 36.8 Å². The van der Waals surface area contributed by atoms with Gasteiger partial charge in [-0.2, -0.15) is 4.31 Å². The second kappa shape index (κ2) is 12.0. The number of rotatable bonds is 10. The van der Waals surface area contributed by atoms with Crippen LogP contribution in [0.1, 0.15) is 30.4 Å². The summed E-state index contributed by atoms with van der Waals surface area (Å²) >= 11 is 0. The number of anilines is 1. The molecule has 1 aliphatic heterocycles. The maximum Gasteiger partial charge on any atom is 0.261 e. The van der Waals surface area contributed by atoms with Gasteiger partial charge in [-0.05, 0) is 73.4 Å². The summed E-state index contributed by atoms with van der Waals surface area (Å²) in [5, 5.41) is 2.74. The van der Waals surface area contributed by atoms with Crippen LogP contribution in [0.5, 0.6) is 5.75 Å². The molecule has 1 amide bonds. The topological polar surface area (TPSA) is 122 Å². The second-order valence-electron chi connectivity index (χ2n) is 9.07. The molecule has 38 heavy (non-hydrogen) atoms. The van der Waals surface area contributed by atoms with Gasteiger partial charge in [0.25, 0.3) is 15.9 Å². The van der Waals surface area contributed by atoms with E-state index in [-0.39, 0.29) is 28.8 Å². The first-order valence-corrected chi connectivity index (χ1v) is 15.2. The highest BCUT2D eigenvalue weighted by Gasteiger charge is 2.25. The van der Waals surface area contributed by atoms with E-state index < -0.39 is 20.0 Å². The summed E-state index contributed by atoms with van der Waals surface area (Å²) in [6, 6.07) is 19.5. The minimum atomic E-state index is -3.77. The Balaban J connectivity index is 1.28. The Kier molecular flexibility index (Phi) is 8.70. The monoisotopic (exact) mass is 557 g/mol. The highest BCUT2D eigenvalue weighted by molar-refractivity contribution is 7.92. The molecule has 9 nitrogen and oxygen atoms in total. The third-order valence-electron chi connectivity index (χ3n) is 6.21. The van der Waals surface area contributed by atoms with Crippen molar-refractivity contribution in [2.24, 2.45) is 0 Å². The van der Waals surface area contributed by atoms with Gasteiger partial charge in [0.15, 0.2) is 6.61 Å². The zero-order chi connectivity index (χ0) is 27.2. The van der Waals surface area contributed by atoms with Gasteiger partial charge in [0, 0.05) is 25.3 Å². The summed E-state index contributed by atoms with van der Waals surface area (Å²) in [6.07, 6.45) is 2.80. The van der Waals surface area contributed by atoms with Gasteiger partial charge in [0.2, 0.25) is 10.0 Å². The minimum absolute atomic E-state index is 0.0846. The van der Waals surface area contributed by atoms with Crippen molar-refractivity contribution in [3.05, 3.63) is 83.9 Å².